The maximum atomic E-state index is 13.2. The third-order valence-electron chi connectivity index (χ3n) is 4.61. The van der Waals surface area contributed by atoms with Gasteiger partial charge in [0, 0.05) is 12.2 Å². The number of benzene rings is 3. The van der Waals surface area contributed by atoms with Gasteiger partial charge in [0.25, 0.3) is 5.91 Å². The highest BCUT2D eigenvalue weighted by molar-refractivity contribution is 6.01. The number of hydrogen-bond acceptors (Lipinski definition) is 2. The summed E-state index contributed by atoms with van der Waals surface area (Å²) < 4.78 is 0. The SMILES string of the molecule is Cc1ccc([C@@H]2Nc3ccccc3C(=O)N2Cc2ccccc2)cc1. The topological polar surface area (TPSA) is 32.3 Å². The smallest absolute Gasteiger partial charge is 0.258 e. The lowest BCUT2D eigenvalue weighted by Gasteiger charge is -2.38. The van der Waals surface area contributed by atoms with Gasteiger partial charge in [0.1, 0.15) is 6.17 Å². The van der Waals surface area contributed by atoms with Gasteiger partial charge in [-0.05, 0) is 30.2 Å². The number of anilines is 1. The first-order valence-electron chi connectivity index (χ1n) is 8.49. The summed E-state index contributed by atoms with van der Waals surface area (Å²) in [4.78, 5) is 15.1. The van der Waals surface area contributed by atoms with Crippen LogP contribution in [-0.2, 0) is 6.54 Å². The molecular weight excluding hydrogens is 308 g/mol. The second kappa shape index (κ2) is 6.44. The molecule has 3 nitrogen and oxygen atoms in total. The Morgan fingerprint density at radius 1 is 0.880 bits per heavy atom. The van der Waals surface area contributed by atoms with Gasteiger partial charge < -0.3 is 10.2 Å². The molecule has 1 amide bonds. The number of aryl methyl sites for hydroxylation is 1. The molecule has 124 valence electrons. The lowest BCUT2D eigenvalue weighted by Crippen LogP contribution is -2.42. The predicted octanol–water partition coefficient (Wildman–Crippen LogP) is 4.76. The Kier molecular flexibility index (Phi) is 3.98. The molecule has 0 spiro atoms. The molecule has 0 radical (unpaired) electrons. The summed E-state index contributed by atoms with van der Waals surface area (Å²) in [6.45, 7) is 2.64. The molecule has 0 aliphatic carbocycles. The Labute approximate surface area is 147 Å². The Bertz CT molecular complexity index is 887. The molecule has 3 aromatic rings. The Hall–Kier alpha value is -3.07. The van der Waals surface area contributed by atoms with Gasteiger partial charge in [0.2, 0.25) is 0 Å². The van der Waals surface area contributed by atoms with Crippen LogP contribution in [-0.4, -0.2) is 10.8 Å². The second-order valence-corrected chi connectivity index (χ2v) is 6.42. The molecule has 1 atom stereocenters. The molecule has 3 heteroatoms. The molecule has 0 bridgehead atoms. The largest absolute Gasteiger partial charge is 0.361 e. The predicted molar refractivity (Wildman–Crippen MR) is 100 cm³/mol. The van der Waals surface area contributed by atoms with Crippen molar-refractivity contribution in [1.82, 2.24) is 4.90 Å². The van der Waals surface area contributed by atoms with Gasteiger partial charge in [0.05, 0.1) is 5.56 Å². The fraction of sp³-hybridized carbons (Fsp3) is 0.136. The minimum Gasteiger partial charge on any atom is -0.361 e. The quantitative estimate of drug-likeness (QED) is 0.751. The molecule has 1 N–H and O–H groups in total. The number of fused-ring (bicyclic) bond motifs is 1. The van der Waals surface area contributed by atoms with E-state index in [0.717, 1.165) is 22.4 Å². The summed E-state index contributed by atoms with van der Waals surface area (Å²) in [7, 11) is 0. The van der Waals surface area contributed by atoms with Crippen molar-refractivity contribution in [2.75, 3.05) is 5.32 Å². The highest BCUT2D eigenvalue weighted by atomic mass is 16.2. The lowest BCUT2D eigenvalue weighted by atomic mass is 10.0. The van der Waals surface area contributed by atoms with Crippen LogP contribution in [0.25, 0.3) is 0 Å². The third-order valence-corrected chi connectivity index (χ3v) is 4.61. The fourth-order valence-corrected chi connectivity index (χ4v) is 3.25. The summed E-state index contributed by atoms with van der Waals surface area (Å²) >= 11 is 0. The number of rotatable bonds is 3. The van der Waals surface area contributed by atoms with E-state index in [1.54, 1.807) is 0 Å². The number of carbonyl (C=O) groups excluding carboxylic acids is 1. The van der Waals surface area contributed by atoms with Crippen LogP contribution in [0, 0.1) is 6.92 Å². The van der Waals surface area contributed by atoms with Gasteiger partial charge in [-0.2, -0.15) is 0 Å². The van der Waals surface area contributed by atoms with Gasteiger partial charge >= 0.3 is 0 Å². The third kappa shape index (κ3) is 3.01. The van der Waals surface area contributed by atoms with Crippen LogP contribution in [0.3, 0.4) is 0 Å². The van der Waals surface area contributed by atoms with E-state index in [2.05, 4.69) is 48.6 Å². The number of nitrogens with one attached hydrogen (secondary N) is 1. The summed E-state index contributed by atoms with van der Waals surface area (Å²) in [6.07, 6.45) is -0.178. The second-order valence-electron chi connectivity index (χ2n) is 6.42. The van der Waals surface area contributed by atoms with Crippen molar-refractivity contribution in [3.63, 3.8) is 0 Å². The number of hydrogen-bond donors (Lipinski definition) is 1. The molecule has 3 aromatic carbocycles. The normalized spacial score (nSPS) is 16.3. The average molecular weight is 328 g/mol. The maximum absolute atomic E-state index is 13.2. The number of carbonyl (C=O) groups is 1. The van der Waals surface area contributed by atoms with E-state index >= 15 is 0 Å². The van der Waals surface area contributed by atoms with E-state index in [9.17, 15) is 4.79 Å². The van der Waals surface area contributed by atoms with Crippen molar-refractivity contribution >= 4 is 11.6 Å². The molecule has 0 unspecified atom stereocenters. The first-order valence-corrected chi connectivity index (χ1v) is 8.49. The maximum Gasteiger partial charge on any atom is 0.258 e. The zero-order valence-corrected chi connectivity index (χ0v) is 14.1. The van der Waals surface area contributed by atoms with Crippen LogP contribution in [0.15, 0.2) is 78.9 Å². The van der Waals surface area contributed by atoms with Crippen LogP contribution in [0.1, 0.15) is 33.2 Å². The minimum atomic E-state index is -0.178. The molecule has 1 aliphatic rings. The van der Waals surface area contributed by atoms with Gasteiger partial charge in [-0.25, -0.2) is 0 Å². The Morgan fingerprint density at radius 3 is 2.32 bits per heavy atom. The summed E-state index contributed by atoms with van der Waals surface area (Å²) in [5.41, 5.74) is 5.03. The summed E-state index contributed by atoms with van der Waals surface area (Å²) in [6, 6.07) is 26.2. The lowest BCUT2D eigenvalue weighted by molar-refractivity contribution is 0.0666. The van der Waals surface area contributed by atoms with Gasteiger partial charge in [0.15, 0.2) is 0 Å². The number of nitrogens with zero attached hydrogens (tertiary/aromatic N) is 1. The molecule has 1 aliphatic heterocycles. The van der Waals surface area contributed by atoms with E-state index in [1.165, 1.54) is 5.56 Å². The molecule has 0 aromatic heterocycles. The molecule has 0 saturated carbocycles. The van der Waals surface area contributed by atoms with Crippen LogP contribution in [0.4, 0.5) is 5.69 Å². The van der Waals surface area contributed by atoms with Crippen LogP contribution in [0.2, 0.25) is 0 Å². The average Bonchev–Trinajstić information content (AvgIpc) is 2.65. The first-order chi connectivity index (χ1) is 12.2. The molecular formula is C22H20N2O. The van der Waals surface area contributed by atoms with Gasteiger partial charge in [-0.1, -0.05) is 72.3 Å². The number of para-hydroxylation sites is 1. The molecule has 0 saturated heterocycles. The van der Waals surface area contributed by atoms with E-state index < -0.39 is 0 Å². The summed E-state index contributed by atoms with van der Waals surface area (Å²) in [5.74, 6) is 0.0591. The first kappa shape index (κ1) is 15.5. The van der Waals surface area contributed by atoms with Crippen molar-refractivity contribution < 1.29 is 4.79 Å². The Morgan fingerprint density at radius 2 is 1.56 bits per heavy atom. The zero-order chi connectivity index (χ0) is 17.2. The van der Waals surface area contributed by atoms with Crippen LogP contribution < -0.4 is 5.32 Å². The van der Waals surface area contributed by atoms with Crippen LogP contribution >= 0.6 is 0 Å². The molecule has 4 rings (SSSR count). The van der Waals surface area contributed by atoms with Crippen molar-refractivity contribution in [2.45, 2.75) is 19.6 Å². The zero-order valence-electron chi connectivity index (χ0n) is 14.1. The van der Waals surface area contributed by atoms with E-state index in [4.69, 9.17) is 0 Å². The van der Waals surface area contributed by atoms with Crippen molar-refractivity contribution in [3.05, 3.63) is 101 Å². The molecule has 1 heterocycles. The van der Waals surface area contributed by atoms with Gasteiger partial charge in [-0.15, -0.1) is 0 Å². The Balaban J connectivity index is 1.75. The highest BCUT2D eigenvalue weighted by Crippen LogP contribution is 2.34. The van der Waals surface area contributed by atoms with E-state index in [1.807, 2.05) is 47.4 Å². The van der Waals surface area contributed by atoms with Gasteiger partial charge in [-0.3, -0.25) is 4.79 Å². The van der Waals surface area contributed by atoms with Crippen molar-refractivity contribution in [3.8, 4) is 0 Å². The number of amides is 1. The molecule has 25 heavy (non-hydrogen) atoms. The van der Waals surface area contributed by atoms with E-state index in [0.29, 0.717) is 6.54 Å². The summed E-state index contributed by atoms with van der Waals surface area (Å²) in [5, 5.41) is 3.54. The monoisotopic (exact) mass is 328 g/mol. The van der Waals surface area contributed by atoms with Crippen LogP contribution in [0.5, 0.6) is 0 Å². The molecule has 0 fully saturated rings. The fourth-order valence-electron chi connectivity index (χ4n) is 3.25. The minimum absolute atomic E-state index is 0.0591. The standard InChI is InChI=1S/C22H20N2O/c1-16-11-13-18(14-12-16)21-23-20-10-6-5-9-19(20)22(25)24(21)15-17-7-3-2-4-8-17/h2-14,21,23H,15H2,1H3/t21-/m1/s1. The van der Waals surface area contributed by atoms with Crippen molar-refractivity contribution in [1.29, 1.82) is 0 Å². The van der Waals surface area contributed by atoms with Crippen molar-refractivity contribution in [2.24, 2.45) is 0 Å². The van der Waals surface area contributed by atoms with E-state index in [-0.39, 0.29) is 12.1 Å². The highest BCUT2D eigenvalue weighted by Gasteiger charge is 2.32.